The Labute approximate surface area is 128 Å². The van der Waals surface area contributed by atoms with Crippen LogP contribution in [-0.2, 0) is 0 Å². The van der Waals surface area contributed by atoms with Crippen LogP contribution in [0.25, 0.3) is 0 Å². The number of carbonyl (C=O) groups excluding carboxylic acids is 1. The minimum Gasteiger partial charge on any atom is -0.415 e. The van der Waals surface area contributed by atoms with E-state index in [1.807, 2.05) is 0 Å². The molecule has 0 bridgehead atoms. The van der Waals surface area contributed by atoms with Gasteiger partial charge in [-0.3, -0.25) is 10.1 Å². The molecule has 5 nitrogen and oxygen atoms in total. The summed E-state index contributed by atoms with van der Waals surface area (Å²) in [6.45, 7) is 0. The minimum absolute atomic E-state index is 0.0305. The van der Waals surface area contributed by atoms with Crippen molar-refractivity contribution in [1.82, 2.24) is 0 Å². The van der Waals surface area contributed by atoms with Gasteiger partial charge in [0, 0.05) is 12.1 Å². The van der Waals surface area contributed by atoms with E-state index in [0.29, 0.717) is 0 Å². The summed E-state index contributed by atoms with van der Waals surface area (Å²) in [5, 5.41) is 11.2. The van der Waals surface area contributed by atoms with Crippen LogP contribution in [0.2, 0.25) is 10.0 Å². The van der Waals surface area contributed by atoms with Crippen molar-refractivity contribution in [3.05, 3.63) is 67.9 Å². The zero-order valence-electron chi connectivity index (χ0n) is 10.2. The molecule has 0 radical (unpaired) electrons. The van der Waals surface area contributed by atoms with Gasteiger partial charge >= 0.3 is 11.7 Å². The summed E-state index contributed by atoms with van der Waals surface area (Å²) in [4.78, 5) is 21.9. The first kappa shape index (κ1) is 15.2. The highest BCUT2D eigenvalue weighted by Gasteiger charge is 2.20. The van der Waals surface area contributed by atoms with Gasteiger partial charge in [0.25, 0.3) is 0 Å². The van der Waals surface area contributed by atoms with Crippen molar-refractivity contribution >= 4 is 34.9 Å². The molecule has 2 rings (SSSR count). The third-order valence-corrected chi connectivity index (χ3v) is 3.22. The van der Waals surface area contributed by atoms with Crippen LogP contribution in [0.1, 0.15) is 10.4 Å². The maximum absolute atomic E-state index is 13.1. The summed E-state index contributed by atoms with van der Waals surface area (Å²) in [5.41, 5.74) is -0.493. The quantitative estimate of drug-likeness (QED) is 0.365. The van der Waals surface area contributed by atoms with Crippen molar-refractivity contribution < 1.29 is 18.8 Å². The zero-order valence-corrected chi connectivity index (χ0v) is 11.7. The van der Waals surface area contributed by atoms with Crippen molar-refractivity contribution in [1.29, 1.82) is 0 Å². The number of carbonyl (C=O) groups is 1. The molecular formula is C13H6Cl2FNO4. The Hall–Kier alpha value is -2.18. The predicted octanol–water partition coefficient (Wildman–Crippen LogP) is 4.26. The van der Waals surface area contributed by atoms with Gasteiger partial charge in [0.05, 0.1) is 20.5 Å². The molecule has 2 aromatic rings. The lowest BCUT2D eigenvalue weighted by Crippen LogP contribution is -2.10. The fourth-order valence-electron chi connectivity index (χ4n) is 1.50. The van der Waals surface area contributed by atoms with E-state index >= 15 is 0 Å². The first-order valence-corrected chi connectivity index (χ1v) is 6.25. The first-order valence-electron chi connectivity index (χ1n) is 5.49. The Kier molecular flexibility index (Phi) is 4.40. The van der Waals surface area contributed by atoms with Crippen LogP contribution in [0.5, 0.6) is 5.75 Å². The van der Waals surface area contributed by atoms with E-state index in [9.17, 15) is 19.3 Å². The highest BCUT2D eigenvalue weighted by Crippen LogP contribution is 2.29. The standard InChI is InChI=1S/C13H6Cl2FNO4/c14-9-3-1-7(5-10(9)15)13(18)21-12-6-8(16)2-4-11(12)17(19)20/h1-6H. The first-order chi connectivity index (χ1) is 9.88. The summed E-state index contributed by atoms with van der Waals surface area (Å²) in [6.07, 6.45) is 0. The summed E-state index contributed by atoms with van der Waals surface area (Å²) < 4.78 is 18.0. The lowest BCUT2D eigenvalue weighted by Gasteiger charge is -2.06. The maximum atomic E-state index is 13.1. The molecule has 2 aromatic carbocycles. The third kappa shape index (κ3) is 3.48. The zero-order chi connectivity index (χ0) is 15.6. The van der Waals surface area contributed by atoms with Gasteiger partial charge in [-0.05, 0) is 24.3 Å². The summed E-state index contributed by atoms with van der Waals surface area (Å²) in [5.74, 6) is -2.17. The Balaban J connectivity index is 2.33. The van der Waals surface area contributed by atoms with E-state index in [0.717, 1.165) is 18.2 Å². The van der Waals surface area contributed by atoms with Gasteiger partial charge in [0.2, 0.25) is 5.75 Å². The maximum Gasteiger partial charge on any atom is 0.343 e. The number of nitro benzene ring substituents is 1. The van der Waals surface area contributed by atoms with Crippen LogP contribution in [-0.4, -0.2) is 10.9 Å². The Morgan fingerprint density at radius 3 is 2.48 bits per heavy atom. The molecule has 0 saturated carbocycles. The summed E-state index contributed by atoms with van der Waals surface area (Å²) in [7, 11) is 0. The lowest BCUT2D eigenvalue weighted by atomic mass is 10.2. The molecule has 0 spiro atoms. The number of nitro groups is 1. The third-order valence-electron chi connectivity index (χ3n) is 2.48. The lowest BCUT2D eigenvalue weighted by molar-refractivity contribution is -0.385. The predicted molar refractivity (Wildman–Crippen MR) is 74.5 cm³/mol. The summed E-state index contributed by atoms with van der Waals surface area (Å²) >= 11 is 11.5. The van der Waals surface area contributed by atoms with Crippen LogP contribution in [0.4, 0.5) is 10.1 Å². The van der Waals surface area contributed by atoms with E-state index in [4.69, 9.17) is 27.9 Å². The van der Waals surface area contributed by atoms with Gasteiger partial charge < -0.3 is 4.74 Å². The molecule has 108 valence electrons. The number of hydrogen-bond donors (Lipinski definition) is 0. The van der Waals surface area contributed by atoms with Crippen LogP contribution in [0.15, 0.2) is 36.4 Å². The highest BCUT2D eigenvalue weighted by atomic mass is 35.5. The molecule has 0 aliphatic rings. The van der Waals surface area contributed by atoms with Crippen molar-refractivity contribution in [3.63, 3.8) is 0 Å². The van der Waals surface area contributed by atoms with E-state index in [1.54, 1.807) is 0 Å². The molecule has 0 atom stereocenters. The second kappa shape index (κ2) is 6.07. The average molecular weight is 330 g/mol. The van der Waals surface area contributed by atoms with Crippen LogP contribution in [0.3, 0.4) is 0 Å². The second-order valence-corrected chi connectivity index (χ2v) is 4.70. The number of nitrogens with zero attached hydrogens (tertiary/aromatic N) is 1. The smallest absolute Gasteiger partial charge is 0.343 e. The number of rotatable bonds is 3. The molecule has 0 aromatic heterocycles. The monoisotopic (exact) mass is 329 g/mol. The Morgan fingerprint density at radius 2 is 1.86 bits per heavy atom. The molecule has 8 heteroatoms. The van der Waals surface area contributed by atoms with Crippen molar-refractivity contribution in [2.45, 2.75) is 0 Å². The van der Waals surface area contributed by atoms with E-state index in [-0.39, 0.29) is 15.6 Å². The Morgan fingerprint density at radius 1 is 1.14 bits per heavy atom. The van der Waals surface area contributed by atoms with Gasteiger partial charge in [-0.25, -0.2) is 9.18 Å². The largest absolute Gasteiger partial charge is 0.415 e. The van der Waals surface area contributed by atoms with Gasteiger partial charge in [0.1, 0.15) is 5.82 Å². The Bertz CT molecular complexity index is 736. The van der Waals surface area contributed by atoms with E-state index < -0.39 is 28.1 Å². The molecule has 0 unspecified atom stereocenters. The number of hydrogen-bond acceptors (Lipinski definition) is 4. The number of esters is 1. The van der Waals surface area contributed by atoms with Crippen LogP contribution in [0, 0.1) is 15.9 Å². The fraction of sp³-hybridized carbons (Fsp3) is 0. The molecule has 21 heavy (non-hydrogen) atoms. The number of ether oxygens (including phenoxy) is 1. The minimum atomic E-state index is -0.915. The van der Waals surface area contributed by atoms with Gasteiger partial charge in [-0.2, -0.15) is 0 Å². The SMILES string of the molecule is O=C(Oc1cc(F)ccc1[N+](=O)[O-])c1ccc(Cl)c(Cl)c1. The molecular weight excluding hydrogens is 324 g/mol. The van der Waals surface area contributed by atoms with Crippen LogP contribution < -0.4 is 4.74 Å². The molecule has 0 aliphatic carbocycles. The molecule has 0 N–H and O–H groups in total. The normalized spacial score (nSPS) is 10.2. The van der Waals surface area contributed by atoms with Crippen molar-refractivity contribution in [2.75, 3.05) is 0 Å². The van der Waals surface area contributed by atoms with E-state index in [2.05, 4.69) is 0 Å². The summed E-state index contributed by atoms with van der Waals surface area (Å²) in [6, 6.07) is 6.52. The van der Waals surface area contributed by atoms with Crippen molar-refractivity contribution in [2.24, 2.45) is 0 Å². The second-order valence-electron chi connectivity index (χ2n) is 3.89. The fourth-order valence-corrected chi connectivity index (χ4v) is 1.80. The topological polar surface area (TPSA) is 69.4 Å². The number of halogens is 3. The average Bonchev–Trinajstić information content (AvgIpc) is 2.41. The van der Waals surface area contributed by atoms with Crippen LogP contribution >= 0.6 is 23.2 Å². The molecule has 0 aliphatic heterocycles. The highest BCUT2D eigenvalue weighted by molar-refractivity contribution is 6.42. The van der Waals surface area contributed by atoms with Gasteiger partial charge in [-0.15, -0.1) is 0 Å². The molecule has 0 fully saturated rings. The molecule has 0 heterocycles. The van der Waals surface area contributed by atoms with Gasteiger partial charge in [0.15, 0.2) is 0 Å². The van der Waals surface area contributed by atoms with Gasteiger partial charge in [-0.1, -0.05) is 23.2 Å². The number of benzene rings is 2. The molecule has 0 saturated heterocycles. The van der Waals surface area contributed by atoms with E-state index in [1.165, 1.54) is 18.2 Å². The van der Waals surface area contributed by atoms with Crippen molar-refractivity contribution in [3.8, 4) is 5.75 Å². The molecule has 0 amide bonds.